The van der Waals surface area contributed by atoms with Crippen molar-refractivity contribution in [3.8, 4) is 0 Å². The summed E-state index contributed by atoms with van der Waals surface area (Å²) in [7, 11) is 0. The minimum absolute atomic E-state index is 0.113. The molecule has 3 aromatic rings. The first-order valence-electron chi connectivity index (χ1n) is 10.6. The van der Waals surface area contributed by atoms with E-state index in [2.05, 4.69) is 10.2 Å². The Bertz CT molecular complexity index is 1110. The molecule has 0 bridgehead atoms. The number of hydrogen-bond acceptors (Lipinski definition) is 4. The molecular weight excluding hydrogens is 429 g/mol. The van der Waals surface area contributed by atoms with Crippen LogP contribution in [0.3, 0.4) is 0 Å². The Kier molecular flexibility index (Phi) is 5.27. The van der Waals surface area contributed by atoms with Gasteiger partial charge in [-0.15, -0.1) is 10.2 Å². The first-order chi connectivity index (χ1) is 15.3. The fraction of sp³-hybridized carbons (Fsp3) is 0.455. The van der Waals surface area contributed by atoms with Crippen LogP contribution in [0.2, 0.25) is 0 Å². The number of anilines is 1. The third-order valence-electron chi connectivity index (χ3n) is 6.17. The summed E-state index contributed by atoms with van der Waals surface area (Å²) in [6.45, 7) is 1.98. The van der Waals surface area contributed by atoms with Crippen molar-refractivity contribution >= 4 is 11.3 Å². The summed E-state index contributed by atoms with van der Waals surface area (Å²) in [4.78, 5) is 3.74. The van der Waals surface area contributed by atoms with Crippen LogP contribution in [0.25, 0.3) is 5.65 Å². The molecule has 0 amide bonds. The second kappa shape index (κ2) is 7.99. The van der Waals surface area contributed by atoms with Crippen LogP contribution in [0.15, 0.2) is 30.5 Å². The van der Waals surface area contributed by atoms with Crippen LogP contribution in [0.4, 0.5) is 27.6 Å². The van der Waals surface area contributed by atoms with Crippen LogP contribution >= 0.6 is 0 Å². The van der Waals surface area contributed by atoms with E-state index in [-0.39, 0.29) is 17.8 Å². The molecule has 32 heavy (non-hydrogen) atoms. The summed E-state index contributed by atoms with van der Waals surface area (Å²) in [5.41, 5.74) is -0.310. The Balaban J connectivity index is 1.35. The lowest BCUT2D eigenvalue weighted by Crippen LogP contribution is -2.46. The zero-order valence-corrected chi connectivity index (χ0v) is 17.2. The summed E-state index contributed by atoms with van der Waals surface area (Å²) >= 11 is 0. The lowest BCUT2D eigenvalue weighted by Gasteiger charge is -2.36. The van der Waals surface area contributed by atoms with E-state index >= 15 is 0 Å². The zero-order chi connectivity index (χ0) is 22.5. The van der Waals surface area contributed by atoms with E-state index in [0.717, 1.165) is 18.9 Å². The number of rotatable bonds is 5. The van der Waals surface area contributed by atoms with Gasteiger partial charge in [0.05, 0.1) is 0 Å². The molecular formula is C22H22F5N5. The zero-order valence-electron chi connectivity index (χ0n) is 17.2. The van der Waals surface area contributed by atoms with E-state index in [9.17, 15) is 22.0 Å². The summed E-state index contributed by atoms with van der Waals surface area (Å²) in [5, 5.41) is 7.91. The molecule has 2 aliphatic rings. The monoisotopic (exact) mass is 451 g/mol. The molecule has 1 aromatic carbocycles. The van der Waals surface area contributed by atoms with Gasteiger partial charge >= 0.3 is 6.18 Å². The molecule has 1 aliphatic carbocycles. The van der Waals surface area contributed by atoms with Gasteiger partial charge in [-0.05, 0) is 42.5 Å². The quantitative estimate of drug-likeness (QED) is 0.542. The Morgan fingerprint density at radius 3 is 2.25 bits per heavy atom. The van der Waals surface area contributed by atoms with E-state index in [1.807, 2.05) is 9.80 Å². The predicted octanol–water partition coefficient (Wildman–Crippen LogP) is 4.30. The average molecular weight is 451 g/mol. The standard InChI is InChI=1S/C22H22F5N5/c23-16-10-17(24)12-18(11-16)31-7-5-30(6-8-31)13-15-3-4-32-19(9-14-1-2-14)28-29-21(32)20(15)22(25,26)27/h3-4,10-12,14H,1-2,5-9,13H2. The molecule has 0 N–H and O–H groups in total. The molecule has 0 atom stereocenters. The summed E-state index contributed by atoms with van der Waals surface area (Å²) < 4.78 is 70.5. The van der Waals surface area contributed by atoms with E-state index < -0.39 is 23.4 Å². The minimum atomic E-state index is -4.55. The van der Waals surface area contributed by atoms with Gasteiger partial charge in [-0.2, -0.15) is 13.2 Å². The number of nitrogens with zero attached hydrogens (tertiary/aromatic N) is 5. The summed E-state index contributed by atoms with van der Waals surface area (Å²) in [6, 6.07) is 4.84. The van der Waals surface area contributed by atoms with E-state index in [1.165, 1.54) is 22.6 Å². The van der Waals surface area contributed by atoms with Crippen LogP contribution in [0.5, 0.6) is 0 Å². The number of halogens is 5. The van der Waals surface area contributed by atoms with Crippen LogP contribution in [0, 0.1) is 17.6 Å². The summed E-state index contributed by atoms with van der Waals surface area (Å²) in [6.07, 6.45) is -0.132. The topological polar surface area (TPSA) is 36.7 Å². The molecule has 2 fully saturated rings. The highest BCUT2D eigenvalue weighted by Gasteiger charge is 2.38. The van der Waals surface area contributed by atoms with Gasteiger partial charge in [-0.1, -0.05) is 0 Å². The largest absolute Gasteiger partial charge is 0.420 e. The Labute approximate surface area is 181 Å². The SMILES string of the molecule is Fc1cc(F)cc(N2CCN(Cc3ccn4c(CC5CC5)nnc4c3C(F)(F)F)CC2)c1. The Morgan fingerprint density at radius 2 is 1.62 bits per heavy atom. The lowest BCUT2D eigenvalue weighted by molar-refractivity contribution is -0.137. The molecule has 1 saturated carbocycles. The molecule has 1 aliphatic heterocycles. The number of fused-ring (bicyclic) bond motifs is 1. The van der Waals surface area contributed by atoms with Crippen molar-refractivity contribution < 1.29 is 22.0 Å². The van der Waals surface area contributed by atoms with Crippen molar-refractivity contribution in [1.29, 1.82) is 0 Å². The molecule has 10 heteroatoms. The van der Waals surface area contributed by atoms with E-state index in [1.54, 1.807) is 6.20 Å². The Hall–Kier alpha value is -2.75. The molecule has 2 aromatic heterocycles. The van der Waals surface area contributed by atoms with Gasteiger partial charge in [0, 0.05) is 57.1 Å². The molecule has 1 saturated heterocycles. The molecule has 0 unspecified atom stereocenters. The second-order valence-corrected chi connectivity index (χ2v) is 8.56. The third-order valence-corrected chi connectivity index (χ3v) is 6.17. The highest BCUT2D eigenvalue weighted by molar-refractivity contribution is 5.54. The van der Waals surface area contributed by atoms with E-state index in [4.69, 9.17) is 0 Å². The molecule has 5 rings (SSSR count). The maximum atomic E-state index is 14.0. The number of alkyl halides is 3. The van der Waals surface area contributed by atoms with Gasteiger partial charge < -0.3 is 4.90 Å². The maximum absolute atomic E-state index is 14.0. The average Bonchev–Trinajstić information content (AvgIpc) is 3.45. The van der Waals surface area contributed by atoms with Gasteiger partial charge in [0.15, 0.2) is 5.65 Å². The van der Waals surface area contributed by atoms with Gasteiger partial charge in [0.1, 0.15) is 23.0 Å². The lowest BCUT2D eigenvalue weighted by atomic mass is 10.1. The van der Waals surface area contributed by atoms with E-state index in [0.29, 0.717) is 50.0 Å². The molecule has 170 valence electrons. The van der Waals surface area contributed by atoms with Crippen LogP contribution in [-0.2, 0) is 19.1 Å². The van der Waals surface area contributed by atoms with Crippen molar-refractivity contribution in [2.75, 3.05) is 31.1 Å². The van der Waals surface area contributed by atoms with Crippen molar-refractivity contribution in [3.63, 3.8) is 0 Å². The number of pyridine rings is 1. The number of benzene rings is 1. The molecule has 3 heterocycles. The molecule has 0 spiro atoms. The number of hydrogen-bond donors (Lipinski definition) is 0. The minimum Gasteiger partial charge on any atom is -0.369 e. The highest BCUT2D eigenvalue weighted by atomic mass is 19.4. The maximum Gasteiger partial charge on any atom is 0.420 e. The first kappa shape index (κ1) is 21.1. The molecule has 0 radical (unpaired) electrons. The van der Waals surface area contributed by atoms with Crippen LogP contribution < -0.4 is 4.90 Å². The first-order valence-corrected chi connectivity index (χ1v) is 10.6. The fourth-order valence-corrected chi connectivity index (χ4v) is 4.33. The van der Waals surface area contributed by atoms with Gasteiger partial charge in [0.25, 0.3) is 0 Å². The van der Waals surface area contributed by atoms with Crippen molar-refractivity contribution in [3.05, 3.63) is 59.0 Å². The van der Waals surface area contributed by atoms with Gasteiger partial charge in [-0.3, -0.25) is 9.30 Å². The Morgan fingerprint density at radius 1 is 0.938 bits per heavy atom. The fourth-order valence-electron chi connectivity index (χ4n) is 4.33. The normalized spacial score (nSPS) is 18.0. The summed E-state index contributed by atoms with van der Waals surface area (Å²) in [5.74, 6) is -0.255. The van der Waals surface area contributed by atoms with Gasteiger partial charge in [0.2, 0.25) is 0 Å². The second-order valence-electron chi connectivity index (χ2n) is 8.56. The number of aromatic nitrogens is 3. The van der Waals surface area contributed by atoms with Crippen LogP contribution in [-0.4, -0.2) is 45.7 Å². The van der Waals surface area contributed by atoms with Gasteiger partial charge in [-0.25, -0.2) is 8.78 Å². The van der Waals surface area contributed by atoms with Crippen molar-refractivity contribution in [2.24, 2.45) is 5.92 Å². The highest BCUT2D eigenvalue weighted by Crippen LogP contribution is 2.37. The third kappa shape index (κ3) is 4.28. The molecule has 5 nitrogen and oxygen atoms in total. The van der Waals surface area contributed by atoms with Crippen molar-refractivity contribution in [1.82, 2.24) is 19.5 Å². The smallest absolute Gasteiger partial charge is 0.369 e. The van der Waals surface area contributed by atoms with Crippen molar-refractivity contribution in [2.45, 2.75) is 32.0 Å². The predicted molar refractivity (Wildman–Crippen MR) is 108 cm³/mol. The number of piperazine rings is 1. The van der Waals surface area contributed by atoms with Crippen LogP contribution in [0.1, 0.15) is 29.8 Å².